The maximum atomic E-state index is 11.7. The van der Waals surface area contributed by atoms with Crippen molar-refractivity contribution in [1.82, 2.24) is 10.6 Å². The second-order valence-electron chi connectivity index (χ2n) is 6.15. The van der Waals surface area contributed by atoms with Gasteiger partial charge in [-0.15, -0.1) is 0 Å². The third-order valence-electron chi connectivity index (χ3n) is 3.59. The van der Waals surface area contributed by atoms with Crippen LogP contribution in [0.5, 0.6) is 0 Å². The van der Waals surface area contributed by atoms with Gasteiger partial charge in [-0.05, 0) is 19.8 Å². The molecular weight excluding hydrogens is 392 g/mol. The molecule has 12 nitrogen and oxygen atoms in total. The fourth-order valence-corrected chi connectivity index (χ4v) is 1.88. The summed E-state index contributed by atoms with van der Waals surface area (Å²) in [5, 5.41) is 51.3. The summed E-state index contributed by atoms with van der Waals surface area (Å²) in [4.78, 5) is 34.1. The summed E-state index contributed by atoms with van der Waals surface area (Å²) in [5.41, 5.74) is 0.238. The molecular formula is C17H30N2O10. The second kappa shape index (κ2) is 14.7. The number of carbonyl (C=O) groups excluding carboxylic acids is 3. The average Bonchev–Trinajstić information content (AvgIpc) is 2.70. The Bertz CT molecular complexity index is 542. The van der Waals surface area contributed by atoms with Crippen molar-refractivity contribution in [2.24, 2.45) is 0 Å². The van der Waals surface area contributed by atoms with E-state index < -0.39 is 49.0 Å². The largest absolute Gasteiger partial charge is 0.459 e. The predicted octanol–water partition coefficient (Wildman–Crippen LogP) is -2.84. The van der Waals surface area contributed by atoms with E-state index in [2.05, 4.69) is 17.2 Å². The normalized spacial score (nSPS) is 14.8. The van der Waals surface area contributed by atoms with Crippen LogP contribution in [0.1, 0.15) is 19.8 Å². The number of hydrogen-bond acceptors (Lipinski definition) is 10. The van der Waals surface area contributed by atoms with Gasteiger partial charge in [0.1, 0.15) is 31.5 Å². The molecule has 0 saturated carbocycles. The minimum Gasteiger partial charge on any atom is -0.459 e. The molecule has 0 bridgehead atoms. The zero-order valence-electron chi connectivity index (χ0n) is 16.2. The Morgan fingerprint density at radius 1 is 0.931 bits per heavy atom. The monoisotopic (exact) mass is 422 g/mol. The Balaban J connectivity index is 3.82. The molecule has 0 heterocycles. The molecule has 0 rings (SSSR count). The van der Waals surface area contributed by atoms with Crippen LogP contribution in [0.3, 0.4) is 0 Å². The molecule has 29 heavy (non-hydrogen) atoms. The first kappa shape index (κ1) is 26.8. The van der Waals surface area contributed by atoms with E-state index in [9.17, 15) is 34.8 Å². The number of aliphatic hydroxyl groups is 5. The predicted molar refractivity (Wildman–Crippen MR) is 98.5 cm³/mol. The molecule has 168 valence electrons. The van der Waals surface area contributed by atoms with Gasteiger partial charge in [0.25, 0.3) is 5.91 Å². The number of nitrogens with one attached hydrogen (secondary N) is 2. The topological polar surface area (TPSA) is 195 Å². The van der Waals surface area contributed by atoms with Gasteiger partial charge in [0, 0.05) is 18.7 Å². The summed E-state index contributed by atoms with van der Waals surface area (Å²) in [6.07, 6.45) is -7.36. The average molecular weight is 422 g/mol. The number of esters is 1. The van der Waals surface area contributed by atoms with E-state index in [-0.39, 0.29) is 31.9 Å². The molecule has 0 spiro atoms. The van der Waals surface area contributed by atoms with Gasteiger partial charge in [-0.3, -0.25) is 4.79 Å². The first-order valence-electron chi connectivity index (χ1n) is 8.95. The first-order chi connectivity index (χ1) is 13.6. The lowest BCUT2D eigenvalue weighted by Gasteiger charge is -2.24. The molecule has 0 aromatic heterocycles. The molecule has 0 aromatic rings. The van der Waals surface area contributed by atoms with Crippen LogP contribution in [0.4, 0.5) is 4.79 Å². The number of rotatable bonds is 14. The van der Waals surface area contributed by atoms with E-state index >= 15 is 0 Å². The van der Waals surface area contributed by atoms with Crippen molar-refractivity contribution >= 4 is 18.0 Å². The molecule has 0 aromatic carbocycles. The zero-order chi connectivity index (χ0) is 22.4. The van der Waals surface area contributed by atoms with Crippen LogP contribution in [-0.2, 0) is 19.1 Å². The maximum absolute atomic E-state index is 11.7. The number of aliphatic hydroxyl groups excluding tert-OH is 5. The number of hydrogen-bond donors (Lipinski definition) is 7. The molecule has 0 unspecified atom stereocenters. The van der Waals surface area contributed by atoms with Gasteiger partial charge < -0.3 is 45.6 Å². The van der Waals surface area contributed by atoms with Crippen molar-refractivity contribution in [3.63, 3.8) is 0 Å². The Kier molecular flexibility index (Phi) is 13.6. The summed E-state index contributed by atoms with van der Waals surface area (Å²) in [6.45, 7) is 4.21. The molecule has 0 fully saturated rings. The molecule has 0 aliphatic heterocycles. The SMILES string of the molecule is C=C(C)C(=O)OCCOC(=O)NCCCCNC(=O)[C@H](O)[C@@H](O)[C@H](O)[C@H](O)CO. The van der Waals surface area contributed by atoms with Crippen LogP contribution in [0, 0.1) is 0 Å². The van der Waals surface area contributed by atoms with Gasteiger partial charge >= 0.3 is 12.1 Å². The Morgan fingerprint density at radius 3 is 2.03 bits per heavy atom. The van der Waals surface area contributed by atoms with Crippen molar-refractivity contribution in [1.29, 1.82) is 0 Å². The Labute approximate surface area is 168 Å². The van der Waals surface area contributed by atoms with E-state index in [0.29, 0.717) is 12.8 Å². The molecule has 0 aliphatic carbocycles. The maximum Gasteiger partial charge on any atom is 0.407 e. The highest BCUT2D eigenvalue weighted by Crippen LogP contribution is 2.05. The Morgan fingerprint density at radius 2 is 1.48 bits per heavy atom. The minimum absolute atomic E-state index is 0.0939. The van der Waals surface area contributed by atoms with Crippen LogP contribution >= 0.6 is 0 Å². The van der Waals surface area contributed by atoms with Crippen LogP contribution < -0.4 is 10.6 Å². The summed E-state index contributed by atoms with van der Waals surface area (Å²) < 4.78 is 9.52. The van der Waals surface area contributed by atoms with Crippen molar-refractivity contribution in [2.45, 2.75) is 44.2 Å². The Hall–Kier alpha value is -2.25. The smallest absolute Gasteiger partial charge is 0.407 e. The standard InChI is InChI=1S/C17H30N2O10/c1-10(2)16(26)28-7-8-29-17(27)19-6-4-3-5-18-15(25)14(24)13(23)12(22)11(21)9-20/h11-14,20-24H,1,3-9H2,2H3,(H,18,25)(H,19,27)/t11-,12-,13+,14-/m1/s1. The fraction of sp³-hybridized carbons (Fsp3) is 0.706. The highest BCUT2D eigenvalue weighted by molar-refractivity contribution is 5.86. The van der Waals surface area contributed by atoms with Crippen molar-refractivity contribution in [2.75, 3.05) is 32.9 Å². The lowest BCUT2D eigenvalue weighted by atomic mass is 10.0. The molecule has 0 saturated heterocycles. The van der Waals surface area contributed by atoms with E-state index in [1.807, 2.05) is 0 Å². The van der Waals surface area contributed by atoms with Crippen LogP contribution in [-0.4, -0.2) is 101 Å². The third kappa shape index (κ3) is 11.4. The second-order valence-corrected chi connectivity index (χ2v) is 6.15. The fourth-order valence-electron chi connectivity index (χ4n) is 1.88. The van der Waals surface area contributed by atoms with Crippen molar-refractivity contribution in [3.05, 3.63) is 12.2 Å². The zero-order valence-corrected chi connectivity index (χ0v) is 16.2. The summed E-state index contributed by atoms with van der Waals surface area (Å²) in [6, 6.07) is 0. The number of amides is 2. The highest BCUT2D eigenvalue weighted by Gasteiger charge is 2.33. The van der Waals surface area contributed by atoms with Crippen molar-refractivity contribution in [3.8, 4) is 0 Å². The first-order valence-corrected chi connectivity index (χ1v) is 8.95. The molecule has 0 aliphatic rings. The quantitative estimate of drug-likeness (QED) is 0.0870. The summed E-state index contributed by atoms with van der Waals surface area (Å²) >= 11 is 0. The van der Waals surface area contributed by atoms with Gasteiger partial charge in [0.2, 0.25) is 0 Å². The van der Waals surface area contributed by atoms with Gasteiger partial charge in [-0.25, -0.2) is 9.59 Å². The van der Waals surface area contributed by atoms with Gasteiger partial charge in [0.05, 0.1) is 6.61 Å². The van der Waals surface area contributed by atoms with E-state index in [1.54, 1.807) is 0 Å². The summed E-state index contributed by atoms with van der Waals surface area (Å²) in [7, 11) is 0. The van der Waals surface area contributed by atoms with Crippen LogP contribution in [0.15, 0.2) is 12.2 Å². The third-order valence-corrected chi connectivity index (χ3v) is 3.59. The molecule has 0 radical (unpaired) electrons. The van der Waals surface area contributed by atoms with E-state index in [4.69, 9.17) is 14.6 Å². The van der Waals surface area contributed by atoms with E-state index in [0.717, 1.165) is 0 Å². The number of carbonyl (C=O) groups is 3. The van der Waals surface area contributed by atoms with Gasteiger partial charge in [0.15, 0.2) is 6.10 Å². The minimum atomic E-state index is -1.99. The molecule has 7 N–H and O–H groups in total. The molecule has 12 heteroatoms. The van der Waals surface area contributed by atoms with Gasteiger partial charge in [-0.2, -0.15) is 0 Å². The van der Waals surface area contributed by atoms with Crippen molar-refractivity contribution < 1.29 is 49.4 Å². The van der Waals surface area contributed by atoms with Crippen LogP contribution in [0.2, 0.25) is 0 Å². The number of alkyl carbamates (subject to hydrolysis) is 1. The molecule has 2 amide bonds. The van der Waals surface area contributed by atoms with Crippen LogP contribution in [0.25, 0.3) is 0 Å². The van der Waals surface area contributed by atoms with Gasteiger partial charge in [-0.1, -0.05) is 6.58 Å². The van der Waals surface area contributed by atoms with E-state index in [1.165, 1.54) is 6.92 Å². The lowest BCUT2D eigenvalue weighted by molar-refractivity contribution is -0.148. The lowest BCUT2D eigenvalue weighted by Crippen LogP contribution is -2.51. The highest BCUT2D eigenvalue weighted by atomic mass is 16.6. The molecule has 4 atom stereocenters. The number of ether oxygens (including phenoxy) is 2. The number of unbranched alkanes of at least 4 members (excludes halogenated alkanes) is 1. The summed E-state index contributed by atoms with van der Waals surface area (Å²) in [5.74, 6) is -1.54.